The Morgan fingerprint density at radius 3 is 2.52 bits per heavy atom. The summed E-state index contributed by atoms with van der Waals surface area (Å²) in [7, 11) is 0. The topological polar surface area (TPSA) is 15.8 Å². The largest absolute Gasteiger partial charge is 0.354 e. The minimum Gasteiger partial charge on any atom is -0.354 e. The molecule has 1 aliphatic carbocycles. The summed E-state index contributed by atoms with van der Waals surface area (Å²) in [6, 6.07) is 23.8. The third-order valence-corrected chi connectivity index (χ3v) is 5.69. The molecule has 1 aromatic heterocycles. The first kappa shape index (κ1) is 13.5. The average Bonchev–Trinajstić information content (AvgIpc) is 2.99. The van der Waals surface area contributed by atoms with E-state index in [9.17, 15) is 0 Å². The summed E-state index contributed by atoms with van der Waals surface area (Å²) < 4.78 is 0. The smallest absolute Gasteiger partial charge is 0.0477 e. The molecule has 0 atom stereocenters. The van der Waals surface area contributed by atoms with Crippen molar-refractivity contribution in [1.82, 2.24) is 4.98 Å². The molecule has 0 aliphatic heterocycles. The third kappa shape index (κ3) is 1.74. The van der Waals surface area contributed by atoms with Crippen LogP contribution in [0.4, 0.5) is 0 Å². The van der Waals surface area contributed by atoms with Crippen LogP contribution >= 0.6 is 11.6 Å². The number of aromatic nitrogens is 1. The number of fused-ring (bicyclic) bond motifs is 6. The highest BCUT2D eigenvalue weighted by molar-refractivity contribution is 6.32. The normalized spacial score (nSPS) is 12.8. The summed E-state index contributed by atoms with van der Waals surface area (Å²) in [6.07, 6.45) is 0.995. The van der Waals surface area contributed by atoms with Crippen molar-refractivity contribution in [2.45, 2.75) is 6.42 Å². The lowest BCUT2D eigenvalue weighted by molar-refractivity contribution is 1.20. The zero-order chi connectivity index (χ0) is 16.5. The molecule has 1 aliphatic rings. The van der Waals surface area contributed by atoms with E-state index >= 15 is 0 Å². The maximum atomic E-state index is 6.28. The van der Waals surface area contributed by atoms with Crippen LogP contribution < -0.4 is 0 Å². The first-order valence-corrected chi connectivity index (χ1v) is 8.91. The quantitative estimate of drug-likeness (QED) is 0.317. The number of benzene rings is 4. The van der Waals surface area contributed by atoms with Crippen LogP contribution in [-0.4, -0.2) is 4.98 Å². The number of H-pyrrole nitrogens is 1. The van der Waals surface area contributed by atoms with Gasteiger partial charge in [0.25, 0.3) is 0 Å². The fourth-order valence-electron chi connectivity index (χ4n) is 4.43. The van der Waals surface area contributed by atoms with E-state index in [1.54, 1.807) is 0 Å². The van der Waals surface area contributed by atoms with Crippen molar-refractivity contribution < 1.29 is 0 Å². The van der Waals surface area contributed by atoms with Gasteiger partial charge < -0.3 is 4.98 Å². The van der Waals surface area contributed by atoms with Gasteiger partial charge in [-0.05, 0) is 63.7 Å². The molecule has 118 valence electrons. The number of aromatic amines is 1. The van der Waals surface area contributed by atoms with Gasteiger partial charge in [0.2, 0.25) is 0 Å². The van der Waals surface area contributed by atoms with Crippen molar-refractivity contribution in [3.63, 3.8) is 0 Å². The van der Waals surface area contributed by atoms with Crippen molar-refractivity contribution in [1.29, 1.82) is 0 Å². The van der Waals surface area contributed by atoms with Crippen molar-refractivity contribution >= 4 is 44.2 Å². The first-order valence-electron chi connectivity index (χ1n) is 8.53. The van der Waals surface area contributed by atoms with Gasteiger partial charge in [-0.3, -0.25) is 0 Å². The summed E-state index contributed by atoms with van der Waals surface area (Å²) in [5.74, 6) is 0. The molecule has 0 unspecified atom stereocenters. The zero-order valence-corrected chi connectivity index (χ0v) is 14.2. The van der Waals surface area contributed by atoms with E-state index in [4.69, 9.17) is 11.6 Å². The SMILES string of the molecule is Clc1ccc2[nH]c3cc4c5c(cccc5c3c2c1)Cc1ccccc1-4. The summed E-state index contributed by atoms with van der Waals surface area (Å²) >= 11 is 6.28. The van der Waals surface area contributed by atoms with Crippen LogP contribution in [0.3, 0.4) is 0 Å². The van der Waals surface area contributed by atoms with Gasteiger partial charge >= 0.3 is 0 Å². The van der Waals surface area contributed by atoms with Gasteiger partial charge in [0.1, 0.15) is 0 Å². The molecule has 0 radical (unpaired) electrons. The summed E-state index contributed by atoms with van der Waals surface area (Å²) in [5.41, 5.74) is 7.80. The highest BCUT2D eigenvalue weighted by atomic mass is 35.5. The second-order valence-electron chi connectivity index (χ2n) is 6.84. The molecule has 0 saturated carbocycles. The van der Waals surface area contributed by atoms with Crippen molar-refractivity contribution in [3.8, 4) is 11.1 Å². The van der Waals surface area contributed by atoms with Crippen molar-refractivity contribution in [3.05, 3.63) is 82.9 Å². The molecular weight excluding hydrogens is 326 g/mol. The molecule has 4 aromatic carbocycles. The molecular formula is C23H14ClN. The fourth-order valence-corrected chi connectivity index (χ4v) is 4.60. The summed E-state index contributed by atoms with van der Waals surface area (Å²) in [4.78, 5) is 3.59. The number of rotatable bonds is 0. The number of halogens is 1. The van der Waals surface area contributed by atoms with Crippen LogP contribution in [0.2, 0.25) is 5.02 Å². The van der Waals surface area contributed by atoms with E-state index < -0.39 is 0 Å². The van der Waals surface area contributed by atoms with E-state index in [0.717, 1.165) is 17.0 Å². The Kier molecular flexibility index (Phi) is 2.51. The van der Waals surface area contributed by atoms with Crippen LogP contribution in [0.1, 0.15) is 11.1 Å². The molecule has 5 aromatic rings. The van der Waals surface area contributed by atoms with Crippen LogP contribution in [-0.2, 0) is 6.42 Å². The third-order valence-electron chi connectivity index (χ3n) is 5.46. The van der Waals surface area contributed by atoms with Gasteiger partial charge in [0.15, 0.2) is 0 Å². The standard InChI is InChI=1S/C23H14ClN/c24-15-8-9-20-19(11-15)23-17-7-3-5-14-10-13-4-1-2-6-16(13)18(22(14)17)12-21(23)25-20/h1-9,11-12,25H,10H2. The molecule has 0 bridgehead atoms. The first-order chi connectivity index (χ1) is 12.3. The number of hydrogen-bond donors (Lipinski definition) is 1. The second-order valence-corrected chi connectivity index (χ2v) is 7.27. The Morgan fingerprint density at radius 1 is 0.680 bits per heavy atom. The van der Waals surface area contributed by atoms with Gasteiger partial charge in [0, 0.05) is 26.8 Å². The molecule has 1 heterocycles. The minimum atomic E-state index is 0.777. The highest BCUT2D eigenvalue weighted by Crippen LogP contribution is 2.44. The molecule has 6 rings (SSSR count). The Morgan fingerprint density at radius 2 is 1.56 bits per heavy atom. The van der Waals surface area contributed by atoms with E-state index in [0.29, 0.717) is 0 Å². The Balaban J connectivity index is 1.89. The van der Waals surface area contributed by atoms with E-state index in [-0.39, 0.29) is 0 Å². The maximum Gasteiger partial charge on any atom is 0.0477 e. The lowest BCUT2D eigenvalue weighted by Crippen LogP contribution is -2.00. The Labute approximate surface area is 149 Å². The molecule has 0 amide bonds. The number of hydrogen-bond acceptors (Lipinski definition) is 0. The average molecular weight is 340 g/mol. The predicted molar refractivity (Wildman–Crippen MR) is 107 cm³/mol. The van der Waals surface area contributed by atoms with Crippen LogP contribution in [0, 0.1) is 0 Å². The van der Waals surface area contributed by atoms with Gasteiger partial charge in [-0.25, -0.2) is 0 Å². The molecule has 1 N–H and O–H groups in total. The minimum absolute atomic E-state index is 0.777. The monoisotopic (exact) mass is 339 g/mol. The predicted octanol–water partition coefficient (Wildman–Crippen LogP) is 6.70. The van der Waals surface area contributed by atoms with Crippen LogP contribution in [0.25, 0.3) is 43.7 Å². The van der Waals surface area contributed by atoms with Crippen LogP contribution in [0.15, 0.2) is 66.7 Å². The Hall–Kier alpha value is -2.77. The van der Waals surface area contributed by atoms with E-state index in [2.05, 4.69) is 65.6 Å². The molecule has 2 heteroatoms. The van der Waals surface area contributed by atoms with Crippen LogP contribution in [0.5, 0.6) is 0 Å². The molecule has 0 fully saturated rings. The van der Waals surface area contributed by atoms with Gasteiger partial charge in [-0.15, -0.1) is 0 Å². The van der Waals surface area contributed by atoms with Crippen molar-refractivity contribution in [2.75, 3.05) is 0 Å². The van der Waals surface area contributed by atoms with E-state index in [1.807, 2.05) is 6.07 Å². The second kappa shape index (κ2) is 4.65. The molecule has 0 saturated heterocycles. The van der Waals surface area contributed by atoms with Crippen molar-refractivity contribution in [2.24, 2.45) is 0 Å². The lowest BCUT2D eigenvalue weighted by atomic mass is 9.82. The molecule has 0 spiro atoms. The number of nitrogens with one attached hydrogen (secondary N) is 1. The van der Waals surface area contributed by atoms with E-state index in [1.165, 1.54) is 49.3 Å². The summed E-state index contributed by atoms with van der Waals surface area (Å²) in [6.45, 7) is 0. The maximum absolute atomic E-state index is 6.28. The zero-order valence-electron chi connectivity index (χ0n) is 13.4. The highest BCUT2D eigenvalue weighted by Gasteiger charge is 2.21. The molecule has 25 heavy (non-hydrogen) atoms. The lowest BCUT2D eigenvalue weighted by Gasteiger charge is -2.21. The van der Waals surface area contributed by atoms with Gasteiger partial charge in [-0.2, -0.15) is 0 Å². The molecule has 1 nitrogen and oxygen atoms in total. The van der Waals surface area contributed by atoms with Gasteiger partial charge in [0.05, 0.1) is 0 Å². The summed E-state index contributed by atoms with van der Waals surface area (Å²) in [5, 5.41) is 5.95. The fraction of sp³-hybridized carbons (Fsp3) is 0.0435. The van der Waals surface area contributed by atoms with Gasteiger partial charge in [-0.1, -0.05) is 54.1 Å². The Bertz CT molecular complexity index is 1330.